The second-order valence-electron chi connectivity index (χ2n) is 8.27. The lowest BCUT2D eigenvalue weighted by Crippen LogP contribution is -2.49. The summed E-state index contributed by atoms with van der Waals surface area (Å²) in [5.41, 5.74) is 2.60. The summed E-state index contributed by atoms with van der Waals surface area (Å²) in [5.74, 6) is 1.35. The third-order valence-electron chi connectivity index (χ3n) is 5.95. The number of tetrazole rings is 1. The molecule has 0 radical (unpaired) electrons. The van der Waals surface area contributed by atoms with Crippen molar-refractivity contribution in [2.75, 3.05) is 10.2 Å². The highest BCUT2D eigenvalue weighted by Gasteiger charge is 2.36. The fraction of sp³-hybridized carbons (Fsp3) is 0.111. The maximum Gasteiger partial charge on any atom is 0.326 e. The van der Waals surface area contributed by atoms with Gasteiger partial charge in [0.2, 0.25) is 0 Å². The first-order valence-corrected chi connectivity index (χ1v) is 13.4. The smallest absolute Gasteiger partial charge is 0.307 e. The average molecular weight is 511 g/mol. The number of para-hydroxylation sites is 2. The fourth-order valence-electron chi connectivity index (χ4n) is 4.29. The van der Waals surface area contributed by atoms with Crippen molar-refractivity contribution in [3.05, 3.63) is 109 Å². The van der Waals surface area contributed by atoms with Crippen LogP contribution in [-0.4, -0.2) is 37.5 Å². The van der Waals surface area contributed by atoms with Crippen LogP contribution in [0.4, 0.5) is 16.2 Å². The zero-order valence-corrected chi connectivity index (χ0v) is 20.8. The van der Waals surface area contributed by atoms with Gasteiger partial charge in [0.05, 0.1) is 28.4 Å². The normalized spacial score (nSPS) is 17.9. The summed E-state index contributed by atoms with van der Waals surface area (Å²) < 4.78 is 1.74. The first-order chi connectivity index (χ1) is 17.8. The number of rotatable bonds is 5. The third-order valence-corrected chi connectivity index (χ3v) is 8.25. The number of benzene rings is 3. The topological polar surface area (TPSA) is 75.9 Å². The number of fused-ring (bicyclic) bond motifs is 2. The number of hydrogen-bond acceptors (Lipinski definition) is 6. The van der Waals surface area contributed by atoms with Crippen LogP contribution in [0.1, 0.15) is 5.82 Å². The number of carbonyl (C=O) groups is 1. The van der Waals surface area contributed by atoms with E-state index in [1.807, 2.05) is 89.8 Å². The summed E-state index contributed by atoms with van der Waals surface area (Å²) >= 11 is 3.41. The molecule has 0 spiro atoms. The molecule has 0 saturated carbocycles. The molecule has 3 aromatic carbocycles. The molecule has 0 bridgehead atoms. The minimum Gasteiger partial charge on any atom is -0.307 e. The van der Waals surface area contributed by atoms with Crippen LogP contribution in [0, 0.1) is 0 Å². The van der Waals surface area contributed by atoms with Crippen LogP contribution in [0.5, 0.6) is 0 Å². The van der Waals surface area contributed by atoms with Crippen LogP contribution in [0.15, 0.2) is 113 Å². The van der Waals surface area contributed by atoms with Crippen LogP contribution in [0.25, 0.3) is 5.69 Å². The minimum atomic E-state index is -0.145. The second kappa shape index (κ2) is 10.0. The molecule has 4 aromatic rings. The molecular formula is C27H22N6OS2. The predicted molar refractivity (Wildman–Crippen MR) is 145 cm³/mol. The zero-order chi connectivity index (χ0) is 24.3. The highest BCUT2D eigenvalue weighted by atomic mass is 32.2. The van der Waals surface area contributed by atoms with Gasteiger partial charge in [-0.05, 0) is 52.9 Å². The molecule has 1 aromatic heterocycles. The van der Waals surface area contributed by atoms with Crippen LogP contribution in [0.2, 0.25) is 0 Å². The average Bonchev–Trinajstić information content (AvgIpc) is 3.40. The molecule has 0 saturated heterocycles. The molecule has 2 unspecified atom stereocenters. The van der Waals surface area contributed by atoms with Gasteiger partial charge >= 0.3 is 6.03 Å². The summed E-state index contributed by atoms with van der Waals surface area (Å²) in [6, 6.07) is 25.6. The lowest BCUT2D eigenvalue weighted by molar-refractivity contribution is 0.255. The van der Waals surface area contributed by atoms with Gasteiger partial charge in [0.15, 0.2) is 5.82 Å². The van der Waals surface area contributed by atoms with Crippen LogP contribution < -0.4 is 10.2 Å². The quantitative estimate of drug-likeness (QED) is 0.334. The molecule has 1 aliphatic carbocycles. The number of hydrogen-bond donors (Lipinski definition) is 1. The molecule has 1 aliphatic heterocycles. The van der Waals surface area contributed by atoms with Crippen molar-refractivity contribution in [2.45, 2.75) is 26.8 Å². The van der Waals surface area contributed by atoms with E-state index in [-0.39, 0.29) is 17.3 Å². The number of allylic oxidation sites excluding steroid dienone is 2. The van der Waals surface area contributed by atoms with E-state index >= 15 is 0 Å². The number of nitrogens with one attached hydrogen (secondary N) is 1. The molecule has 9 heteroatoms. The van der Waals surface area contributed by atoms with Crippen molar-refractivity contribution in [3.63, 3.8) is 0 Å². The number of aromatic nitrogens is 4. The summed E-state index contributed by atoms with van der Waals surface area (Å²) in [5, 5.41) is 15.5. The van der Waals surface area contributed by atoms with Gasteiger partial charge in [0.25, 0.3) is 0 Å². The molecule has 2 heterocycles. The number of nitrogens with zero attached hydrogens (tertiary/aromatic N) is 5. The molecule has 2 amide bonds. The van der Waals surface area contributed by atoms with Crippen molar-refractivity contribution >= 4 is 40.9 Å². The van der Waals surface area contributed by atoms with Crippen molar-refractivity contribution in [1.82, 2.24) is 20.2 Å². The minimum absolute atomic E-state index is 0.0377. The predicted octanol–water partition coefficient (Wildman–Crippen LogP) is 5.96. The molecule has 1 N–H and O–H groups in total. The molecule has 2 aliphatic rings. The number of carbonyl (C=O) groups excluding carboxylic acids is 1. The Bertz CT molecular complexity index is 1450. The summed E-state index contributed by atoms with van der Waals surface area (Å²) in [7, 11) is 0. The van der Waals surface area contributed by atoms with E-state index in [0.29, 0.717) is 5.75 Å². The number of urea groups is 1. The van der Waals surface area contributed by atoms with Gasteiger partial charge in [-0.2, -0.15) is 4.68 Å². The Kier molecular flexibility index (Phi) is 6.31. The van der Waals surface area contributed by atoms with Gasteiger partial charge in [-0.15, -0.1) is 28.6 Å². The highest BCUT2D eigenvalue weighted by molar-refractivity contribution is 8.00. The monoisotopic (exact) mass is 510 g/mol. The molecular weight excluding hydrogens is 488 g/mol. The van der Waals surface area contributed by atoms with E-state index in [9.17, 15) is 4.79 Å². The number of anilines is 2. The Balaban J connectivity index is 1.19. The zero-order valence-electron chi connectivity index (χ0n) is 19.1. The fourth-order valence-corrected chi connectivity index (χ4v) is 6.41. The van der Waals surface area contributed by atoms with E-state index in [1.165, 1.54) is 0 Å². The van der Waals surface area contributed by atoms with Gasteiger partial charge in [0.1, 0.15) is 0 Å². The van der Waals surface area contributed by atoms with Gasteiger partial charge in [0, 0.05) is 15.5 Å². The van der Waals surface area contributed by atoms with Crippen LogP contribution in [0.3, 0.4) is 0 Å². The Morgan fingerprint density at radius 2 is 1.81 bits per heavy atom. The van der Waals surface area contributed by atoms with Gasteiger partial charge < -0.3 is 5.32 Å². The van der Waals surface area contributed by atoms with Crippen molar-refractivity contribution in [1.29, 1.82) is 0 Å². The maximum absolute atomic E-state index is 13.6. The summed E-state index contributed by atoms with van der Waals surface area (Å²) in [4.78, 5) is 17.5. The molecule has 36 heavy (non-hydrogen) atoms. The first-order valence-electron chi connectivity index (χ1n) is 11.5. The Morgan fingerprint density at radius 1 is 0.972 bits per heavy atom. The summed E-state index contributed by atoms with van der Waals surface area (Å²) in [6.45, 7) is 0. The Morgan fingerprint density at radius 3 is 2.72 bits per heavy atom. The SMILES string of the molecule is O=C(Nc1cccc(SCc2nnnn2-c2ccccc2)c1)N1c2ccccc2SC2C=CC=CC21. The van der Waals surface area contributed by atoms with Gasteiger partial charge in [-0.1, -0.05) is 60.7 Å². The van der Waals surface area contributed by atoms with E-state index < -0.39 is 0 Å². The van der Waals surface area contributed by atoms with Crippen LogP contribution in [-0.2, 0) is 5.75 Å². The molecule has 0 fully saturated rings. The van der Waals surface area contributed by atoms with Gasteiger partial charge in [-0.3, -0.25) is 4.90 Å². The molecule has 178 valence electrons. The molecule has 7 nitrogen and oxygen atoms in total. The standard InChI is InChI=1S/C27H22N6OS2/c34-27(32-22-13-4-6-15-24(22)36-25-16-7-5-14-23(25)32)28-19-9-8-12-21(17-19)35-18-26-29-30-31-33(26)20-10-2-1-3-11-20/h1-17,22,24H,18H2,(H,28,34). The lowest BCUT2D eigenvalue weighted by Gasteiger charge is -2.40. The van der Waals surface area contributed by atoms with Crippen molar-refractivity contribution in [3.8, 4) is 5.69 Å². The van der Waals surface area contributed by atoms with E-state index in [0.717, 1.165) is 32.7 Å². The van der Waals surface area contributed by atoms with E-state index in [4.69, 9.17) is 0 Å². The van der Waals surface area contributed by atoms with Crippen molar-refractivity contribution in [2.24, 2.45) is 0 Å². The highest BCUT2D eigenvalue weighted by Crippen LogP contribution is 2.43. The third kappa shape index (κ3) is 4.55. The van der Waals surface area contributed by atoms with Crippen LogP contribution >= 0.6 is 23.5 Å². The Hall–Kier alpha value is -3.82. The van der Waals surface area contributed by atoms with E-state index in [1.54, 1.807) is 28.2 Å². The Labute approximate surface area is 217 Å². The lowest BCUT2D eigenvalue weighted by atomic mass is 10.1. The van der Waals surface area contributed by atoms with Gasteiger partial charge in [-0.25, -0.2) is 4.79 Å². The molecule has 6 rings (SSSR count). The largest absolute Gasteiger partial charge is 0.326 e. The summed E-state index contributed by atoms with van der Waals surface area (Å²) in [6.07, 6.45) is 8.31. The van der Waals surface area contributed by atoms with Crippen molar-refractivity contribution < 1.29 is 4.79 Å². The second-order valence-corrected chi connectivity index (χ2v) is 10.5. The maximum atomic E-state index is 13.6. The number of thioether (sulfide) groups is 2. The number of amides is 2. The first kappa shape index (κ1) is 22.6. The van der Waals surface area contributed by atoms with E-state index in [2.05, 4.69) is 39.1 Å². The molecule has 2 atom stereocenters.